The Labute approximate surface area is 174 Å². The second kappa shape index (κ2) is 9.05. The summed E-state index contributed by atoms with van der Waals surface area (Å²) < 4.78 is 32.3. The van der Waals surface area contributed by atoms with Gasteiger partial charge in [-0.1, -0.05) is 12.1 Å². The molecule has 2 unspecified atom stereocenters. The van der Waals surface area contributed by atoms with Gasteiger partial charge in [-0.15, -0.1) is 0 Å². The number of hydrogen-bond donors (Lipinski definition) is 2. The third kappa shape index (κ3) is 5.87. The summed E-state index contributed by atoms with van der Waals surface area (Å²) in [5.74, 6) is 0. The summed E-state index contributed by atoms with van der Waals surface area (Å²) in [5.41, 5.74) is 3.92. The first-order valence-corrected chi connectivity index (χ1v) is 11.6. The number of nitrogens with one attached hydrogen (secondary N) is 2. The van der Waals surface area contributed by atoms with Gasteiger partial charge in [0.15, 0.2) is 0 Å². The van der Waals surface area contributed by atoms with Crippen molar-refractivity contribution in [1.82, 2.24) is 0 Å². The van der Waals surface area contributed by atoms with E-state index in [1.165, 1.54) is 5.69 Å². The SMILES string of the molecule is CC1CN(c2ccc(NCc3ccc(NS(=O)(=O)C(C)C)cc3)cc2)CC(C)O1. The number of nitrogens with zero attached hydrogens (tertiary/aromatic N) is 1. The predicted molar refractivity (Wildman–Crippen MR) is 120 cm³/mol. The Kier molecular flexibility index (Phi) is 6.70. The fourth-order valence-corrected chi connectivity index (χ4v) is 4.06. The summed E-state index contributed by atoms with van der Waals surface area (Å²) in [5, 5.41) is 2.95. The third-order valence-corrected chi connectivity index (χ3v) is 6.74. The molecular weight excluding hydrogens is 386 g/mol. The van der Waals surface area contributed by atoms with Crippen molar-refractivity contribution in [1.29, 1.82) is 0 Å². The maximum Gasteiger partial charge on any atom is 0.235 e. The zero-order valence-electron chi connectivity index (χ0n) is 17.6. The smallest absolute Gasteiger partial charge is 0.235 e. The van der Waals surface area contributed by atoms with Crippen LogP contribution in [-0.2, 0) is 21.3 Å². The molecule has 7 heteroatoms. The number of benzene rings is 2. The highest BCUT2D eigenvalue weighted by Gasteiger charge is 2.22. The van der Waals surface area contributed by atoms with E-state index in [4.69, 9.17) is 4.74 Å². The van der Waals surface area contributed by atoms with Crippen LogP contribution in [-0.4, -0.2) is 39.0 Å². The molecule has 1 heterocycles. The minimum absolute atomic E-state index is 0.240. The van der Waals surface area contributed by atoms with Crippen LogP contribution in [0.5, 0.6) is 0 Å². The van der Waals surface area contributed by atoms with Gasteiger partial charge in [0.1, 0.15) is 0 Å². The van der Waals surface area contributed by atoms with Crippen LogP contribution in [0.1, 0.15) is 33.3 Å². The van der Waals surface area contributed by atoms with E-state index in [-0.39, 0.29) is 12.2 Å². The Morgan fingerprint density at radius 3 is 2.07 bits per heavy atom. The number of hydrogen-bond acceptors (Lipinski definition) is 5. The molecule has 29 heavy (non-hydrogen) atoms. The molecule has 1 fully saturated rings. The minimum Gasteiger partial charge on any atom is -0.381 e. The van der Waals surface area contributed by atoms with Crippen molar-refractivity contribution in [3.63, 3.8) is 0 Å². The summed E-state index contributed by atoms with van der Waals surface area (Å²) in [6.45, 7) is 10.0. The van der Waals surface area contributed by atoms with Crippen LogP contribution in [0.2, 0.25) is 0 Å². The van der Waals surface area contributed by atoms with Crippen molar-refractivity contribution in [2.75, 3.05) is 28.0 Å². The van der Waals surface area contributed by atoms with Gasteiger partial charge in [-0.05, 0) is 69.7 Å². The van der Waals surface area contributed by atoms with E-state index in [9.17, 15) is 8.42 Å². The summed E-state index contributed by atoms with van der Waals surface area (Å²) in [7, 11) is -3.32. The van der Waals surface area contributed by atoms with Crippen molar-refractivity contribution in [3.05, 3.63) is 54.1 Å². The number of anilines is 3. The largest absolute Gasteiger partial charge is 0.381 e. The fourth-order valence-electron chi connectivity index (χ4n) is 3.36. The Morgan fingerprint density at radius 2 is 1.52 bits per heavy atom. The van der Waals surface area contributed by atoms with E-state index in [1.807, 2.05) is 12.1 Å². The maximum absolute atomic E-state index is 11.9. The summed E-state index contributed by atoms with van der Waals surface area (Å²) in [4.78, 5) is 2.36. The third-order valence-electron chi connectivity index (χ3n) is 4.98. The molecule has 0 aromatic heterocycles. The summed E-state index contributed by atoms with van der Waals surface area (Å²) >= 11 is 0. The van der Waals surface area contributed by atoms with Gasteiger partial charge in [0, 0.05) is 36.7 Å². The first-order valence-electron chi connectivity index (χ1n) is 10.1. The highest BCUT2D eigenvalue weighted by atomic mass is 32.2. The molecule has 0 radical (unpaired) electrons. The highest BCUT2D eigenvalue weighted by molar-refractivity contribution is 7.93. The molecule has 0 bridgehead atoms. The Morgan fingerprint density at radius 1 is 0.966 bits per heavy atom. The zero-order chi connectivity index (χ0) is 21.0. The van der Waals surface area contributed by atoms with Gasteiger partial charge in [-0.25, -0.2) is 8.42 Å². The topological polar surface area (TPSA) is 70.7 Å². The lowest BCUT2D eigenvalue weighted by atomic mass is 10.1. The zero-order valence-corrected chi connectivity index (χ0v) is 18.4. The van der Waals surface area contributed by atoms with Crippen LogP contribution in [0.25, 0.3) is 0 Å². The Hall–Kier alpha value is -2.25. The maximum atomic E-state index is 11.9. The molecule has 1 aliphatic rings. The van der Waals surface area contributed by atoms with Crippen LogP contribution < -0.4 is 14.9 Å². The van der Waals surface area contributed by atoms with E-state index in [0.717, 1.165) is 24.3 Å². The van der Waals surface area contributed by atoms with Gasteiger partial charge in [0.25, 0.3) is 0 Å². The fraction of sp³-hybridized carbons (Fsp3) is 0.455. The second-order valence-electron chi connectivity index (χ2n) is 7.96. The van der Waals surface area contributed by atoms with Crippen molar-refractivity contribution >= 4 is 27.1 Å². The van der Waals surface area contributed by atoms with Crippen molar-refractivity contribution < 1.29 is 13.2 Å². The molecular formula is C22H31N3O3S. The number of sulfonamides is 1. The van der Waals surface area contributed by atoms with Crippen molar-refractivity contribution in [3.8, 4) is 0 Å². The number of ether oxygens (including phenoxy) is 1. The molecule has 6 nitrogen and oxygen atoms in total. The lowest BCUT2D eigenvalue weighted by Crippen LogP contribution is -2.45. The van der Waals surface area contributed by atoms with Gasteiger partial charge in [0.2, 0.25) is 10.0 Å². The minimum atomic E-state index is -3.32. The predicted octanol–water partition coefficient (Wildman–Crippen LogP) is 4.06. The van der Waals surface area contributed by atoms with E-state index in [1.54, 1.807) is 26.0 Å². The van der Waals surface area contributed by atoms with Crippen LogP contribution in [0, 0.1) is 0 Å². The molecule has 158 valence electrons. The highest BCUT2D eigenvalue weighted by Crippen LogP contribution is 2.23. The van der Waals surface area contributed by atoms with E-state index < -0.39 is 15.3 Å². The standard InChI is InChI=1S/C22H31N3O3S/c1-16(2)29(26,27)24-21-7-5-19(6-8-21)13-23-20-9-11-22(12-10-20)25-14-17(3)28-18(4)15-25/h5-12,16-18,23-24H,13-15H2,1-4H3. The van der Waals surface area contributed by atoms with Crippen LogP contribution >= 0.6 is 0 Å². The van der Waals surface area contributed by atoms with Gasteiger partial charge in [-0.2, -0.15) is 0 Å². The van der Waals surface area contributed by atoms with Crippen molar-refractivity contribution in [2.24, 2.45) is 0 Å². The van der Waals surface area contributed by atoms with Gasteiger partial charge in [-0.3, -0.25) is 4.72 Å². The van der Waals surface area contributed by atoms with Gasteiger partial charge in [0.05, 0.1) is 17.5 Å². The molecule has 3 rings (SSSR count). The van der Waals surface area contributed by atoms with Crippen molar-refractivity contribution in [2.45, 2.75) is 51.7 Å². The molecule has 0 aliphatic carbocycles. The number of rotatable bonds is 7. The molecule has 2 aromatic rings. The Balaban J connectivity index is 1.55. The average molecular weight is 418 g/mol. The lowest BCUT2D eigenvalue weighted by molar-refractivity contribution is -0.00521. The average Bonchev–Trinajstić information content (AvgIpc) is 2.67. The second-order valence-corrected chi connectivity index (χ2v) is 10.2. The molecule has 0 saturated carbocycles. The molecule has 0 amide bonds. The van der Waals surface area contributed by atoms with Gasteiger partial charge >= 0.3 is 0 Å². The monoisotopic (exact) mass is 417 g/mol. The van der Waals surface area contributed by atoms with Crippen LogP contribution in [0.4, 0.5) is 17.1 Å². The van der Waals surface area contributed by atoms with Crippen LogP contribution in [0.15, 0.2) is 48.5 Å². The normalized spacial score (nSPS) is 20.0. The lowest BCUT2D eigenvalue weighted by Gasteiger charge is -2.36. The van der Waals surface area contributed by atoms with Crippen LogP contribution in [0.3, 0.4) is 0 Å². The Bertz CT molecular complexity index is 886. The van der Waals surface area contributed by atoms with E-state index >= 15 is 0 Å². The van der Waals surface area contributed by atoms with E-state index in [0.29, 0.717) is 12.2 Å². The van der Waals surface area contributed by atoms with E-state index in [2.05, 4.69) is 53.1 Å². The molecule has 2 atom stereocenters. The molecule has 2 aromatic carbocycles. The number of morpholine rings is 1. The first kappa shape index (κ1) is 21.5. The summed E-state index contributed by atoms with van der Waals surface area (Å²) in [6.07, 6.45) is 0.481. The molecule has 0 spiro atoms. The summed E-state index contributed by atoms with van der Waals surface area (Å²) in [6, 6.07) is 15.9. The molecule has 2 N–H and O–H groups in total. The first-order chi connectivity index (χ1) is 13.7. The van der Waals surface area contributed by atoms with Gasteiger partial charge < -0.3 is 15.0 Å². The quantitative estimate of drug-likeness (QED) is 0.711. The molecule has 1 saturated heterocycles. The molecule has 1 aliphatic heterocycles.